The summed E-state index contributed by atoms with van der Waals surface area (Å²) in [5.74, 6) is -0.667. The van der Waals surface area contributed by atoms with Crippen LogP contribution in [-0.2, 0) is 14.4 Å². The van der Waals surface area contributed by atoms with Gasteiger partial charge in [-0.05, 0) is 42.3 Å². The second kappa shape index (κ2) is 8.45. The fourth-order valence-electron chi connectivity index (χ4n) is 2.95. The lowest BCUT2D eigenvalue weighted by Crippen LogP contribution is -2.31. The molecule has 1 aliphatic heterocycles. The quantitative estimate of drug-likeness (QED) is 0.760. The van der Waals surface area contributed by atoms with Crippen LogP contribution in [0.5, 0.6) is 0 Å². The van der Waals surface area contributed by atoms with Crippen molar-refractivity contribution in [2.24, 2.45) is 0 Å². The number of nitrogens with zero attached hydrogens (tertiary/aromatic N) is 3. The number of nitrogens with one attached hydrogen (secondary N) is 1. The van der Waals surface area contributed by atoms with Crippen LogP contribution in [0.15, 0.2) is 41.4 Å². The molecule has 2 heterocycles. The highest BCUT2D eigenvalue weighted by molar-refractivity contribution is 8.00. The van der Waals surface area contributed by atoms with Crippen LogP contribution in [0.1, 0.15) is 44.4 Å². The highest BCUT2D eigenvalue weighted by Crippen LogP contribution is 2.35. The Hall–Kier alpha value is -3.18. The standard InChI is InChI=1S/C21H20N4O3S/c1-12(2)17-9-4-14(11-22)20(24-17)29-18-10-19(27)25(21(18)28)16-7-5-15(6-8-16)23-13(3)26/h4-9,12,18H,10H2,1-3H3,(H,23,26). The van der Waals surface area contributed by atoms with Crippen molar-refractivity contribution in [1.82, 2.24) is 4.98 Å². The van der Waals surface area contributed by atoms with Crippen molar-refractivity contribution in [2.75, 3.05) is 10.2 Å². The van der Waals surface area contributed by atoms with E-state index >= 15 is 0 Å². The summed E-state index contributed by atoms with van der Waals surface area (Å²) < 4.78 is 0. The average Bonchev–Trinajstić information content (AvgIpc) is 2.95. The maximum atomic E-state index is 12.9. The lowest BCUT2D eigenvalue weighted by molar-refractivity contribution is -0.121. The third-order valence-electron chi connectivity index (χ3n) is 4.40. The molecule has 2 aromatic rings. The van der Waals surface area contributed by atoms with Gasteiger partial charge in [-0.15, -0.1) is 0 Å². The molecule has 1 aromatic heterocycles. The average molecular weight is 408 g/mol. The van der Waals surface area contributed by atoms with Crippen LogP contribution >= 0.6 is 11.8 Å². The van der Waals surface area contributed by atoms with E-state index in [9.17, 15) is 19.6 Å². The molecule has 7 nitrogen and oxygen atoms in total. The zero-order chi connectivity index (χ0) is 21.1. The molecule has 1 saturated heterocycles. The second-order valence-electron chi connectivity index (χ2n) is 6.96. The number of hydrogen-bond acceptors (Lipinski definition) is 6. The van der Waals surface area contributed by atoms with Gasteiger partial charge >= 0.3 is 0 Å². The maximum absolute atomic E-state index is 12.9. The summed E-state index contributed by atoms with van der Waals surface area (Å²) >= 11 is 1.15. The van der Waals surface area contributed by atoms with E-state index in [1.165, 1.54) is 6.92 Å². The molecule has 1 unspecified atom stereocenters. The molecule has 1 aliphatic rings. The van der Waals surface area contributed by atoms with Crippen molar-refractivity contribution >= 4 is 40.9 Å². The van der Waals surface area contributed by atoms with E-state index in [1.807, 2.05) is 13.8 Å². The van der Waals surface area contributed by atoms with Crippen LogP contribution in [-0.4, -0.2) is 28.0 Å². The number of pyridine rings is 1. The number of carbonyl (C=O) groups excluding carboxylic acids is 3. The third kappa shape index (κ3) is 4.46. The number of benzene rings is 1. The SMILES string of the molecule is CC(=O)Nc1ccc(N2C(=O)CC(Sc3nc(C(C)C)ccc3C#N)C2=O)cc1. The van der Waals surface area contributed by atoms with Crippen molar-refractivity contribution in [2.45, 2.75) is 43.4 Å². The van der Waals surface area contributed by atoms with Crippen molar-refractivity contribution < 1.29 is 14.4 Å². The molecule has 1 fully saturated rings. The van der Waals surface area contributed by atoms with Gasteiger partial charge < -0.3 is 5.32 Å². The van der Waals surface area contributed by atoms with Gasteiger partial charge in [-0.25, -0.2) is 9.88 Å². The summed E-state index contributed by atoms with van der Waals surface area (Å²) in [6.45, 7) is 5.40. The molecular weight excluding hydrogens is 388 g/mol. The molecule has 3 amide bonds. The van der Waals surface area contributed by atoms with Crippen molar-refractivity contribution in [3.05, 3.63) is 47.7 Å². The monoisotopic (exact) mass is 408 g/mol. The van der Waals surface area contributed by atoms with Crippen molar-refractivity contribution in [1.29, 1.82) is 5.26 Å². The number of amides is 3. The summed E-state index contributed by atoms with van der Waals surface area (Å²) in [6, 6.07) is 12.1. The number of imide groups is 1. The first-order valence-electron chi connectivity index (χ1n) is 9.12. The lowest BCUT2D eigenvalue weighted by atomic mass is 10.1. The fraction of sp³-hybridized carbons (Fsp3) is 0.286. The third-order valence-corrected chi connectivity index (χ3v) is 5.59. The smallest absolute Gasteiger partial charge is 0.247 e. The Kier molecular flexibility index (Phi) is 5.99. The Balaban J connectivity index is 1.82. The van der Waals surface area contributed by atoms with E-state index in [0.717, 1.165) is 22.4 Å². The van der Waals surface area contributed by atoms with Gasteiger partial charge in [0.15, 0.2) is 0 Å². The second-order valence-corrected chi connectivity index (χ2v) is 8.15. The predicted octanol–water partition coefficient (Wildman–Crippen LogP) is 3.46. The number of carbonyl (C=O) groups is 3. The van der Waals surface area contributed by atoms with Gasteiger partial charge in [0.05, 0.1) is 16.5 Å². The van der Waals surface area contributed by atoms with Gasteiger partial charge in [-0.2, -0.15) is 5.26 Å². The van der Waals surface area contributed by atoms with Crippen LogP contribution in [0.4, 0.5) is 11.4 Å². The van der Waals surface area contributed by atoms with Gasteiger partial charge in [0.25, 0.3) is 0 Å². The largest absolute Gasteiger partial charge is 0.326 e. The fourth-order valence-corrected chi connectivity index (χ4v) is 4.05. The van der Waals surface area contributed by atoms with Gasteiger partial charge in [0.1, 0.15) is 11.1 Å². The summed E-state index contributed by atoms with van der Waals surface area (Å²) in [7, 11) is 0. The van der Waals surface area contributed by atoms with Gasteiger partial charge in [-0.1, -0.05) is 25.6 Å². The summed E-state index contributed by atoms with van der Waals surface area (Å²) in [5.41, 5.74) is 2.24. The van der Waals surface area contributed by atoms with Crippen molar-refractivity contribution in [3.63, 3.8) is 0 Å². The molecule has 0 radical (unpaired) electrons. The van der Waals surface area contributed by atoms with E-state index in [4.69, 9.17) is 0 Å². The van der Waals surface area contributed by atoms with Crippen LogP contribution in [0.25, 0.3) is 0 Å². The Morgan fingerprint density at radius 3 is 2.52 bits per heavy atom. The predicted molar refractivity (Wildman–Crippen MR) is 111 cm³/mol. The number of aromatic nitrogens is 1. The number of nitriles is 1. The van der Waals surface area contributed by atoms with Crippen LogP contribution in [0.3, 0.4) is 0 Å². The molecule has 8 heteroatoms. The summed E-state index contributed by atoms with van der Waals surface area (Å²) in [6.07, 6.45) is 0.0371. The molecule has 0 spiro atoms. The number of thioether (sulfide) groups is 1. The van der Waals surface area contributed by atoms with E-state index in [0.29, 0.717) is 22.0 Å². The Labute approximate surface area is 173 Å². The molecule has 0 saturated carbocycles. The molecule has 0 bridgehead atoms. The van der Waals surface area contributed by atoms with E-state index in [1.54, 1.807) is 36.4 Å². The first-order chi connectivity index (χ1) is 13.8. The van der Waals surface area contributed by atoms with E-state index in [-0.39, 0.29) is 30.1 Å². The van der Waals surface area contributed by atoms with E-state index in [2.05, 4.69) is 16.4 Å². The number of anilines is 2. The van der Waals surface area contributed by atoms with Crippen LogP contribution in [0, 0.1) is 11.3 Å². The molecule has 1 atom stereocenters. The van der Waals surface area contributed by atoms with Crippen LogP contribution in [0.2, 0.25) is 0 Å². The highest BCUT2D eigenvalue weighted by atomic mass is 32.2. The zero-order valence-electron chi connectivity index (χ0n) is 16.3. The molecule has 1 N–H and O–H groups in total. The van der Waals surface area contributed by atoms with E-state index < -0.39 is 5.25 Å². The molecule has 0 aliphatic carbocycles. The summed E-state index contributed by atoms with van der Waals surface area (Å²) in [4.78, 5) is 42.2. The molecule has 29 heavy (non-hydrogen) atoms. The highest BCUT2D eigenvalue weighted by Gasteiger charge is 2.40. The Bertz CT molecular complexity index is 1010. The summed E-state index contributed by atoms with van der Waals surface area (Å²) in [5, 5.41) is 11.8. The topological polar surface area (TPSA) is 103 Å². The minimum atomic E-state index is -0.639. The van der Waals surface area contributed by atoms with Gasteiger partial charge in [0.2, 0.25) is 17.7 Å². The molecule has 1 aromatic carbocycles. The minimum Gasteiger partial charge on any atom is -0.326 e. The molecule has 148 valence electrons. The maximum Gasteiger partial charge on any atom is 0.247 e. The number of rotatable bonds is 5. The first kappa shape index (κ1) is 20.6. The Morgan fingerprint density at radius 2 is 1.93 bits per heavy atom. The molecule has 3 rings (SSSR count). The number of hydrogen-bond donors (Lipinski definition) is 1. The first-order valence-corrected chi connectivity index (χ1v) is 10.00. The van der Waals surface area contributed by atoms with Gasteiger partial charge in [0, 0.05) is 24.7 Å². The normalized spacial score (nSPS) is 16.2. The van der Waals surface area contributed by atoms with Crippen molar-refractivity contribution in [3.8, 4) is 6.07 Å². The lowest BCUT2D eigenvalue weighted by Gasteiger charge is -2.16. The van der Waals surface area contributed by atoms with Gasteiger partial charge in [-0.3, -0.25) is 14.4 Å². The van der Waals surface area contributed by atoms with Crippen LogP contribution < -0.4 is 10.2 Å². The minimum absolute atomic E-state index is 0.0371. The zero-order valence-corrected chi connectivity index (χ0v) is 17.1. The Morgan fingerprint density at radius 1 is 1.24 bits per heavy atom. The molecular formula is C21H20N4O3S.